The predicted octanol–water partition coefficient (Wildman–Crippen LogP) is 4.04. The van der Waals surface area contributed by atoms with Crippen molar-refractivity contribution in [3.63, 3.8) is 0 Å². The van der Waals surface area contributed by atoms with E-state index in [-0.39, 0.29) is 5.75 Å². The van der Waals surface area contributed by atoms with Crippen molar-refractivity contribution in [1.82, 2.24) is 4.98 Å². The van der Waals surface area contributed by atoms with E-state index in [1.54, 1.807) is 18.3 Å². The molecular weight excluding hydrogens is 306 g/mol. The molecule has 112 valence electrons. The molecule has 21 heavy (non-hydrogen) atoms. The first-order chi connectivity index (χ1) is 9.90. The van der Waals surface area contributed by atoms with Gasteiger partial charge in [0.05, 0.1) is 21.0 Å². The molecule has 4 nitrogen and oxygen atoms in total. The van der Waals surface area contributed by atoms with Crippen molar-refractivity contribution in [2.75, 3.05) is 5.75 Å². The van der Waals surface area contributed by atoms with Gasteiger partial charge in [-0.05, 0) is 24.8 Å². The summed E-state index contributed by atoms with van der Waals surface area (Å²) in [5.74, 6) is -0.132. The molecule has 0 atom stereocenters. The van der Waals surface area contributed by atoms with Crippen LogP contribution in [0.15, 0.2) is 36.4 Å². The largest absolute Gasteiger partial charge is 0.286 e. The fourth-order valence-corrected chi connectivity index (χ4v) is 3.39. The second-order valence-electron chi connectivity index (χ2n) is 4.65. The summed E-state index contributed by atoms with van der Waals surface area (Å²) in [4.78, 5) is 4.56. The third-order valence-electron chi connectivity index (χ3n) is 2.85. The number of hydrogen-bond acceptors (Lipinski definition) is 4. The Morgan fingerprint density at radius 1 is 1.19 bits per heavy atom. The molecule has 0 amide bonds. The number of fused-ring (bicyclic) bond motifs is 3. The highest BCUT2D eigenvalue weighted by molar-refractivity contribution is 7.85. The summed E-state index contributed by atoms with van der Waals surface area (Å²) >= 11 is 1.76. The highest BCUT2D eigenvalue weighted by Gasteiger charge is 2.03. The van der Waals surface area contributed by atoms with Crippen LogP contribution in [0, 0.1) is 6.92 Å². The first-order valence-electron chi connectivity index (χ1n) is 6.61. The lowest BCUT2D eigenvalue weighted by Gasteiger charge is -1.96. The van der Waals surface area contributed by atoms with Crippen LogP contribution in [0.4, 0.5) is 0 Å². The fourth-order valence-electron chi connectivity index (χ4n) is 2.03. The normalized spacial score (nSPS) is 11.4. The minimum absolute atomic E-state index is 0.132. The first-order valence-corrected chi connectivity index (χ1v) is 9.03. The minimum atomic E-state index is -3.67. The first kappa shape index (κ1) is 15.9. The van der Waals surface area contributed by atoms with Crippen molar-refractivity contribution in [3.05, 3.63) is 41.4 Å². The third kappa shape index (κ3) is 4.23. The van der Waals surface area contributed by atoms with Crippen molar-refractivity contribution in [1.29, 1.82) is 0 Å². The van der Waals surface area contributed by atoms with E-state index in [1.165, 1.54) is 15.5 Å². The van der Waals surface area contributed by atoms with Gasteiger partial charge in [-0.25, -0.2) is 4.98 Å². The summed E-state index contributed by atoms with van der Waals surface area (Å²) in [5, 5.41) is 3.66. The number of aryl methyl sites for hydroxylation is 1. The fraction of sp³-hybridized carbons (Fsp3) is 0.267. The molecule has 0 radical (unpaired) electrons. The summed E-state index contributed by atoms with van der Waals surface area (Å²) in [6.07, 6.45) is 0.471. The maximum Gasteiger partial charge on any atom is 0.264 e. The Kier molecular flexibility index (Phi) is 4.92. The van der Waals surface area contributed by atoms with Crippen LogP contribution in [-0.4, -0.2) is 23.7 Å². The molecule has 1 aromatic heterocycles. The number of benzene rings is 2. The topological polar surface area (TPSA) is 67.3 Å². The van der Waals surface area contributed by atoms with Crippen LogP contribution < -0.4 is 0 Å². The van der Waals surface area contributed by atoms with Gasteiger partial charge < -0.3 is 0 Å². The van der Waals surface area contributed by atoms with Gasteiger partial charge in [-0.15, -0.1) is 11.3 Å². The summed E-state index contributed by atoms with van der Waals surface area (Å²) in [6.45, 7) is 3.74. The van der Waals surface area contributed by atoms with Crippen LogP contribution in [0.3, 0.4) is 0 Å². The SMILES string of the molecule is CCCS(=O)(=O)O.Cc1nc2c(ccc3ccccc32)s1. The zero-order valence-corrected chi connectivity index (χ0v) is 13.5. The molecule has 1 N–H and O–H groups in total. The van der Waals surface area contributed by atoms with Crippen LogP contribution in [0.5, 0.6) is 0 Å². The van der Waals surface area contributed by atoms with Crippen LogP contribution in [0.1, 0.15) is 18.4 Å². The molecule has 0 saturated carbocycles. The van der Waals surface area contributed by atoms with E-state index in [4.69, 9.17) is 4.55 Å². The second-order valence-corrected chi connectivity index (χ2v) is 7.46. The molecule has 3 rings (SSSR count). The van der Waals surface area contributed by atoms with Gasteiger partial charge in [-0.3, -0.25) is 4.55 Å². The molecule has 0 unspecified atom stereocenters. The minimum Gasteiger partial charge on any atom is -0.286 e. The molecule has 0 fully saturated rings. The van der Waals surface area contributed by atoms with Gasteiger partial charge >= 0.3 is 0 Å². The summed E-state index contributed by atoms with van der Waals surface area (Å²) in [7, 11) is -3.67. The van der Waals surface area contributed by atoms with Crippen LogP contribution in [-0.2, 0) is 10.1 Å². The standard InChI is InChI=1S/C12H9NS.C3H8O3S/c1-8-13-12-10-5-3-2-4-9(10)6-7-11(12)14-8;1-2-3-7(4,5)6/h2-7H,1H3;2-3H2,1H3,(H,4,5,6). The molecule has 0 aliphatic heterocycles. The van der Waals surface area contributed by atoms with E-state index in [0.29, 0.717) is 6.42 Å². The smallest absolute Gasteiger partial charge is 0.264 e. The molecule has 2 aromatic carbocycles. The summed E-state index contributed by atoms with van der Waals surface area (Å²) < 4.78 is 28.8. The van der Waals surface area contributed by atoms with Crippen LogP contribution in [0.25, 0.3) is 21.0 Å². The molecule has 0 saturated heterocycles. The monoisotopic (exact) mass is 323 g/mol. The van der Waals surface area contributed by atoms with Gasteiger partial charge in [0, 0.05) is 5.39 Å². The number of thiazole rings is 1. The average molecular weight is 323 g/mol. The third-order valence-corrected chi connectivity index (χ3v) is 4.71. The Hall–Kier alpha value is -1.50. The van der Waals surface area contributed by atoms with Crippen LogP contribution in [0.2, 0.25) is 0 Å². The summed E-state index contributed by atoms with van der Waals surface area (Å²) in [5.41, 5.74) is 1.14. The lowest BCUT2D eigenvalue weighted by molar-refractivity contribution is 0.482. The van der Waals surface area contributed by atoms with E-state index < -0.39 is 10.1 Å². The molecule has 1 heterocycles. The Balaban J connectivity index is 0.000000199. The van der Waals surface area contributed by atoms with E-state index in [2.05, 4.69) is 48.3 Å². The summed E-state index contributed by atoms with van der Waals surface area (Å²) in [6, 6.07) is 12.7. The Labute approximate surface area is 128 Å². The van der Waals surface area contributed by atoms with E-state index in [1.807, 2.05) is 0 Å². The molecule has 0 bridgehead atoms. The van der Waals surface area contributed by atoms with Crippen molar-refractivity contribution in [2.45, 2.75) is 20.3 Å². The van der Waals surface area contributed by atoms with Crippen LogP contribution >= 0.6 is 11.3 Å². The number of hydrogen-bond donors (Lipinski definition) is 1. The van der Waals surface area contributed by atoms with E-state index in [9.17, 15) is 8.42 Å². The van der Waals surface area contributed by atoms with Gasteiger partial charge in [0.1, 0.15) is 0 Å². The zero-order valence-electron chi connectivity index (χ0n) is 11.9. The second kappa shape index (κ2) is 6.51. The van der Waals surface area contributed by atoms with Crippen molar-refractivity contribution < 1.29 is 13.0 Å². The molecule has 0 aliphatic rings. The molecule has 6 heteroatoms. The molecule has 0 aliphatic carbocycles. The zero-order chi connectivity index (χ0) is 15.5. The van der Waals surface area contributed by atoms with E-state index in [0.717, 1.165) is 10.5 Å². The van der Waals surface area contributed by atoms with Gasteiger partial charge in [-0.1, -0.05) is 37.3 Å². The lowest BCUT2D eigenvalue weighted by Crippen LogP contribution is -2.01. The molecule has 0 spiro atoms. The maximum atomic E-state index is 9.79. The van der Waals surface area contributed by atoms with Crippen molar-refractivity contribution >= 4 is 42.4 Å². The number of rotatable bonds is 2. The Bertz CT molecular complexity index is 854. The van der Waals surface area contributed by atoms with Gasteiger partial charge in [0.15, 0.2) is 0 Å². The van der Waals surface area contributed by atoms with Crippen molar-refractivity contribution in [3.8, 4) is 0 Å². The molecular formula is C15H17NO3S2. The Morgan fingerprint density at radius 2 is 1.90 bits per heavy atom. The quantitative estimate of drug-likeness (QED) is 0.723. The average Bonchev–Trinajstić information content (AvgIpc) is 2.79. The van der Waals surface area contributed by atoms with Gasteiger partial charge in [0.25, 0.3) is 10.1 Å². The van der Waals surface area contributed by atoms with Crippen molar-refractivity contribution in [2.24, 2.45) is 0 Å². The maximum absolute atomic E-state index is 9.79. The number of aromatic nitrogens is 1. The van der Waals surface area contributed by atoms with Gasteiger partial charge in [-0.2, -0.15) is 8.42 Å². The lowest BCUT2D eigenvalue weighted by atomic mass is 10.1. The molecule has 3 aromatic rings. The Morgan fingerprint density at radius 3 is 2.52 bits per heavy atom. The van der Waals surface area contributed by atoms with Gasteiger partial charge in [0.2, 0.25) is 0 Å². The highest BCUT2D eigenvalue weighted by Crippen LogP contribution is 2.28. The highest BCUT2D eigenvalue weighted by atomic mass is 32.2. The predicted molar refractivity (Wildman–Crippen MR) is 88.6 cm³/mol. The number of nitrogens with zero attached hydrogens (tertiary/aromatic N) is 1. The van der Waals surface area contributed by atoms with E-state index >= 15 is 0 Å².